The smallest absolute Gasteiger partial charge is 0.226 e. The highest BCUT2D eigenvalue weighted by molar-refractivity contribution is 7.91. The second-order valence-corrected chi connectivity index (χ2v) is 9.89. The van der Waals surface area contributed by atoms with Crippen molar-refractivity contribution in [3.05, 3.63) is 23.7 Å². The van der Waals surface area contributed by atoms with Crippen LogP contribution in [0, 0.1) is 11.8 Å². The zero-order chi connectivity index (χ0) is 18.2. The Morgan fingerprint density at radius 2 is 2.00 bits per heavy atom. The first kappa shape index (κ1) is 18.5. The quantitative estimate of drug-likeness (QED) is 0.741. The molecule has 140 valence electrons. The number of hydrogen-bond donors (Lipinski definition) is 0. The van der Waals surface area contributed by atoms with Crippen LogP contribution in [0.5, 0.6) is 0 Å². The number of amides is 1. The summed E-state index contributed by atoms with van der Waals surface area (Å²) in [7, 11) is -3.04. The molecule has 1 saturated heterocycles. The highest BCUT2D eigenvalue weighted by Gasteiger charge is 2.38. The fraction of sp³-hybridized carbons (Fsp3) is 0.737. The van der Waals surface area contributed by atoms with Crippen LogP contribution in [0.2, 0.25) is 0 Å². The Morgan fingerprint density at radius 1 is 1.32 bits per heavy atom. The molecule has 1 aromatic rings. The molecule has 1 saturated carbocycles. The zero-order valence-corrected chi connectivity index (χ0v) is 16.2. The molecule has 0 N–H and O–H groups in total. The average molecular weight is 368 g/mol. The Balaban J connectivity index is 1.78. The number of nitrogens with zero attached hydrogens (tertiary/aromatic N) is 1. The molecule has 2 fully saturated rings. The van der Waals surface area contributed by atoms with E-state index in [0.29, 0.717) is 24.8 Å². The van der Waals surface area contributed by atoms with Gasteiger partial charge in [-0.1, -0.05) is 20.8 Å². The van der Waals surface area contributed by atoms with Gasteiger partial charge in [0.05, 0.1) is 18.1 Å². The van der Waals surface area contributed by atoms with Gasteiger partial charge in [0.25, 0.3) is 0 Å². The van der Waals surface area contributed by atoms with Gasteiger partial charge in [-0.05, 0) is 43.7 Å². The SMILES string of the molecule is CCC(CC)C(=O)N(Cc1ccc(C2CC2C)o1)C1CCS(=O)(=O)C1. The monoisotopic (exact) mass is 367 g/mol. The van der Waals surface area contributed by atoms with E-state index in [1.165, 1.54) is 0 Å². The molecule has 0 aromatic carbocycles. The van der Waals surface area contributed by atoms with Crippen molar-refractivity contribution in [2.45, 2.75) is 65.0 Å². The van der Waals surface area contributed by atoms with Crippen LogP contribution in [0.3, 0.4) is 0 Å². The molecule has 2 aliphatic rings. The van der Waals surface area contributed by atoms with Gasteiger partial charge in [0.2, 0.25) is 5.91 Å². The van der Waals surface area contributed by atoms with Crippen LogP contribution < -0.4 is 0 Å². The predicted octanol–water partition coefficient (Wildman–Crippen LogP) is 3.35. The van der Waals surface area contributed by atoms with Crippen LogP contribution in [0.25, 0.3) is 0 Å². The van der Waals surface area contributed by atoms with Gasteiger partial charge in [0.15, 0.2) is 9.84 Å². The van der Waals surface area contributed by atoms with Crippen molar-refractivity contribution in [2.75, 3.05) is 11.5 Å². The number of carbonyl (C=O) groups excluding carboxylic acids is 1. The largest absolute Gasteiger partial charge is 0.464 e. The maximum absolute atomic E-state index is 13.0. The van der Waals surface area contributed by atoms with Crippen LogP contribution in [0.1, 0.15) is 63.9 Å². The minimum atomic E-state index is -3.04. The van der Waals surface area contributed by atoms with E-state index in [-0.39, 0.29) is 29.4 Å². The molecule has 5 nitrogen and oxygen atoms in total. The fourth-order valence-corrected chi connectivity index (χ4v) is 5.58. The third-order valence-corrected chi connectivity index (χ3v) is 7.50. The van der Waals surface area contributed by atoms with Gasteiger partial charge in [0.1, 0.15) is 11.5 Å². The molecule has 2 heterocycles. The van der Waals surface area contributed by atoms with Crippen LogP contribution >= 0.6 is 0 Å². The van der Waals surface area contributed by atoms with Crippen molar-refractivity contribution in [3.8, 4) is 0 Å². The molecule has 3 unspecified atom stereocenters. The lowest BCUT2D eigenvalue weighted by Gasteiger charge is -2.30. The Bertz CT molecular complexity index is 720. The van der Waals surface area contributed by atoms with E-state index < -0.39 is 9.84 Å². The topological polar surface area (TPSA) is 67.6 Å². The number of hydrogen-bond acceptors (Lipinski definition) is 4. The Morgan fingerprint density at radius 3 is 2.52 bits per heavy atom. The van der Waals surface area contributed by atoms with Gasteiger partial charge in [0, 0.05) is 17.9 Å². The molecule has 0 bridgehead atoms. The van der Waals surface area contributed by atoms with Gasteiger partial charge in [-0.15, -0.1) is 0 Å². The maximum atomic E-state index is 13.0. The standard InChI is InChI=1S/C19H29NO4S/c1-4-14(5-2)19(21)20(15-8-9-25(22,23)12-15)11-16-6-7-18(24-16)17-10-13(17)3/h6-7,13-15,17H,4-5,8-12H2,1-3H3. The number of rotatable bonds is 7. The van der Waals surface area contributed by atoms with Crippen LogP contribution in [-0.2, 0) is 21.2 Å². The first-order valence-electron chi connectivity index (χ1n) is 9.44. The number of sulfone groups is 1. The van der Waals surface area contributed by atoms with E-state index in [1.807, 2.05) is 26.0 Å². The van der Waals surface area contributed by atoms with Crippen molar-refractivity contribution in [3.63, 3.8) is 0 Å². The summed E-state index contributed by atoms with van der Waals surface area (Å²) >= 11 is 0. The first-order chi connectivity index (χ1) is 11.8. The molecule has 0 radical (unpaired) electrons. The molecule has 1 amide bonds. The lowest BCUT2D eigenvalue weighted by atomic mass is 10.0. The lowest BCUT2D eigenvalue weighted by Crippen LogP contribution is -2.43. The Kier molecular flexibility index (Phi) is 5.28. The fourth-order valence-electron chi connectivity index (χ4n) is 3.85. The molecule has 6 heteroatoms. The van der Waals surface area contributed by atoms with E-state index in [0.717, 1.165) is 30.8 Å². The van der Waals surface area contributed by atoms with E-state index in [1.54, 1.807) is 4.90 Å². The van der Waals surface area contributed by atoms with Gasteiger partial charge in [-0.25, -0.2) is 8.42 Å². The normalized spacial score (nSPS) is 27.6. The van der Waals surface area contributed by atoms with E-state index in [4.69, 9.17) is 4.42 Å². The molecule has 1 aliphatic heterocycles. The van der Waals surface area contributed by atoms with Crippen LogP contribution in [0.4, 0.5) is 0 Å². The van der Waals surface area contributed by atoms with Gasteiger partial charge in [-0.3, -0.25) is 4.79 Å². The summed E-state index contributed by atoms with van der Waals surface area (Å²) in [4.78, 5) is 14.8. The van der Waals surface area contributed by atoms with Crippen LogP contribution in [0.15, 0.2) is 16.5 Å². The van der Waals surface area contributed by atoms with Gasteiger partial charge >= 0.3 is 0 Å². The molecule has 1 aliphatic carbocycles. The van der Waals surface area contributed by atoms with Crippen molar-refractivity contribution in [2.24, 2.45) is 11.8 Å². The minimum absolute atomic E-state index is 0.0545. The number of furan rings is 1. The minimum Gasteiger partial charge on any atom is -0.464 e. The van der Waals surface area contributed by atoms with Crippen molar-refractivity contribution in [1.82, 2.24) is 4.90 Å². The summed E-state index contributed by atoms with van der Waals surface area (Å²) in [6, 6.07) is 3.72. The molecule has 1 aromatic heterocycles. The second kappa shape index (κ2) is 7.14. The first-order valence-corrected chi connectivity index (χ1v) is 11.3. The Labute approximate surface area is 150 Å². The predicted molar refractivity (Wildman–Crippen MR) is 96.9 cm³/mol. The third kappa shape index (κ3) is 4.10. The molecule has 0 spiro atoms. The highest BCUT2D eigenvalue weighted by Crippen LogP contribution is 2.47. The van der Waals surface area contributed by atoms with E-state index in [9.17, 15) is 13.2 Å². The number of carbonyl (C=O) groups is 1. The molecule has 25 heavy (non-hydrogen) atoms. The maximum Gasteiger partial charge on any atom is 0.226 e. The molecular formula is C19H29NO4S. The summed E-state index contributed by atoms with van der Waals surface area (Å²) in [6.45, 7) is 6.60. The zero-order valence-electron chi connectivity index (χ0n) is 15.4. The van der Waals surface area contributed by atoms with E-state index >= 15 is 0 Å². The summed E-state index contributed by atoms with van der Waals surface area (Å²) in [5, 5.41) is 0. The van der Waals surface area contributed by atoms with Crippen LogP contribution in [-0.4, -0.2) is 36.8 Å². The van der Waals surface area contributed by atoms with Gasteiger partial charge < -0.3 is 9.32 Å². The summed E-state index contributed by atoms with van der Waals surface area (Å²) in [6.07, 6.45) is 3.23. The van der Waals surface area contributed by atoms with Gasteiger partial charge in [-0.2, -0.15) is 0 Å². The van der Waals surface area contributed by atoms with Crippen molar-refractivity contribution < 1.29 is 17.6 Å². The second-order valence-electron chi connectivity index (χ2n) is 7.66. The third-order valence-electron chi connectivity index (χ3n) is 5.75. The van der Waals surface area contributed by atoms with E-state index in [2.05, 4.69) is 6.92 Å². The molecule has 3 rings (SSSR count). The molecular weight excluding hydrogens is 338 g/mol. The lowest BCUT2D eigenvalue weighted by molar-refractivity contribution is -0.138. The summed E-state index contributed by atoms with van der Waals surface area (Å²) in [5.41, 5.74) is 0. The average Bonchev–Trinajstić information content (AvgIpc) is 2.96. The van der Waals surface area contributed by atoms with Crippen molar-refractivity contribution >= 4 is 15.7 Å². The summed E-state index contributed by atoms with van der Waals surface area (Å²) < 4.78 is 29.8. The summed E-state index contributed by atoms with van der Waals surface area (Å²) in [5.74, 6) is 3.18. The molecule has 3 atom stereocenters. The Hall–Kier alpha value is -1.30. The highest BCUT2D eigenvalue weighted by atomic mass is 32.2. The van der Waals surface area contributed by atoms with Crippen molar-refractivity contribution in [1.29, 1.82) is 0 Å².